The number of aromatic nitrogens is 1. The van der Waals surface area contributed by atoms with Gasteiger partial charge >= 0.3 is 0 Å². The molecule has 0 aliphatic carbocycles. The number of hydrogen-bond donors (Lipinski definition) is 1. The molecule has 0 amide bonds. The number of nitrogens with zero attached hydrogens (tertiary/aromatic N) is 3. The minimum Gasteiger partial charge on any atom is -0.383 e. The van der Waals surface area contributed by atoms with Crippen LogP contribution in [-0.2, 0) is 21.6 Å². The molecule has 4 rings (SSSR count). The molecule has 7 heteroatoms. The summed E-state index contributed by atoms with van der Waals surface area (Å²) in [6, 6.07) is 1.13. The van der Waals surface area contributed by atoms with Gasteiger partial charge in [-0.1, -0.05) is 0 Å². The fourth-order valence-electron chi connectivity index (χ4n) is 4.82. The zero-order chi connectivity index (χ0) is 18.7. The van der Waals surface area contributed by atoms with E-state index in [1.54, 1.807) is 18.4 Å². The molecule has 1 N–H and O–H groups in total. The van der Waals surface area contributed by atoms with Gasteiger partial charge in [-0.15, -0.1) is 11.3 Å². The van der Waals surface area contributed by atoms with Crippen LogP contribution in [0.5, 0.6) is 0 Å². The molecule has 3 saturated heterocycles. The molecule has 3 aliphatic heterocycles. The highest BCUT2D eigenvalue weighted by atomic mass is 32.1. The summed E-state index contributed by atoms with van der Waals surface area (Å²) < 4.78 is 10.8. The van der Waals surface area contributed by atoms with E-state index in [2.05, 4.69) is 15.2 Å². The molecule has 1 aromatic heterocycles. The number of ether oxygens (including phenoxy) is 2. The van der Waals surface area contributed by atoms with Gasteiger partial charge in [-0.2, -0.15) is 0 Å². The van der Waals surface area contributed by atoms with E-state index in [0.717, 1.165) is 82.4 Å². The minimum absolute atomic E-state index is 0.508. The predicted octanol–water partition coefficient (Wildman–Crippen LogP) is 2.22. The molecule has 3 aliphatic rings. The maximum Gasteiger partial charge on any atom is 0.110 e. The van der Waals surface area contributed by atoms with E-state index in [0.29, 0.717) is 12.1 Å². The lowest BCUT2D eigenvalue weighted by molar-refractivity contribution is -0.0525. The lowest BCUT2D eigenvalue weighted by Crippen LogP contribution is -2.48. The van der Waals surface area contributed by atoms with E-state index >= 15 is 0 Å². The third-order valence-electron chi connectivity index (χ3n) is 6.56. The number of piperidine rings is 1. The van der Waals surface area contributed by atoms with Crippen molar-refractivity contribution in [3.8, 4) is 0 Å². The molecule has 0 aromatic carbocycles. The van der Waals surface area contributed by atoms with Gasteiger partial charge in [-0.3, -0.25) is 9.80 Å². The Balaban J connectivity index is 1.34. The summed E-state index contributed by atoms with van der Waals surface area (Å²) in [5.41, 5.74) is 0.129. The van der Waals surface area contributed by atoms with Crippen molar-refractivity contribution in [2.45, 2.75) is 62.8 Å². The van der Waals surface area contributed by atoms with E-state index < -0.39 is 5.60 Å². The molecule has 4 heterocycles. The summed E-state index contributed by atoms with van der Waals surface area (Å²) in [5.74, 6) is 0. The number of aliphatic hydroxyl groups is 1. The lowest BCUT2D eigenvalue weighted by atomic mass is 9.87. The molecule has 0 radical (unpaired) electrons. The Morgan fingerprint density at radius 1 is 1.26 bits per heavy atom. The summed E-state index contributed by atoms with van der Waals surface area (Å²) >= 11 is 1.69. The van der Waals surface area contributed by atoms with E-state index in [1.807, 2.05) is 0 Å². The second kappa shape index (κ2) is 8.84. The molecule has 1 unspecified atom stereocenters. The fourth-order valence-corrected chi connectivity index (χ4v) is 5.73. The van der Waals surface area contributed by atoms with Crippen LogP contribution in [0.15, 0.2) is 5.38 Å². The molecule has 0 spiro atoms. The second-order valence-electron chi connectivity index (χ2n) is 8.26. The summed E-state index contributed by atoms with van der Waals surface area (Å²) in [5, 5.41) is 14.4. The standard InChI is InChI=1S/C20H33N3O3S/c1-25-14-17-3-2-8-23(17)13-19-21-18(15-27-19)20(24)6-9-22(10-7-20)16-4-11-26-12-5-16/h15-17,24H,2-14H2,1H3. The zero-order valence-electron chi connectivity index (χ0n) is 16.4. The van der Waals surface area contributed by atoms with Crippen molar-refractivity contribution in [1.82, 2.24) is 14.8 Å². The Morgan fingerprint density at radius 3 is 2.78 bits per heavy atom. The molecule has 0 saturated carbocycles. The van der Waals surface area contributed by atoms with Crippen LogP contribution >= 0.6 is 11.3 Å². The van der Waals surface area contributed by atoms with Crippen molar-refractivity contribution in [1.29, 1.82) is 0 Å². The van der Waals surface area contributed by atoms with Crippen LogP contribution in [0, 0.1) is 0 Å². The second-order valence-corrected chi connectivity index (χ2v) is 9.20. The van der Waals surface area contributed by atoms with Crippen molar-refractivity contribution in [2.75, 3.05) is 46.6 Å². The van der Waals surface area contributed by atoms with Crippen LogP contribution in [-0.4, -0.2) is 78.5 Å². The van der Waals surface area contributed by atoms with Crippen LogP contribution < -0.4 is 0 Å². The fraction of sp³-hybridized carbons (Fsp3) is 0.850. The Kier molecular flexibility index (Phi) is 6.46. The highest BCUT2D eigenvalue weighted by Crippen LogP contribution is 2.35. The minimum atomic E-state index is -0.757. The van der Waals surface area contributed by atoms with Gasteiger partial charge in [0, 0.05) is 50.9 Å². The van der Waals surface area contributed by atoms with Crippen molar-refractivity contribution < 1.29 is 14.6 Å². The number of methoxy groups -OCH3 is 1. The quantitative estimate of drug-likeness (QED) is 0.797. The average Bonchev–Trinajstić information content (AvgIpc) is 3.34. The van der Waals surface area contributed by atoms with E-state index in [-0.39, 0.29) is 0 Å². The molecular weight excluding hydrogens is 362 g/mol. The molecule has 1 aromatic rings. The zero-order valence-corrected chi connectivity index (χ0v) is 17.3. The monoisotopic (exact) mass is 395 g/mol. The number of thiazole rings is 1. The lowest BCUT2D eigenvalue weighted by Gasteiger charge is -2.42. The molecule has 27 heavy (non-hydrogen) atoms. The number of likely N-dealkylation sites (tertiary alicyclic amines) is 2. The Morgan fingerprint density at radius 2 is 2.04 bits per heavy atom. The highest BCUT2D eigenvalue weighted by molar-refractivity contribution is 7.09. The van der Waals surface area contributed by atoms with Crippen LogP contribution in [0.25, 0.3) is 0 Å². The third kappa shape index (κ3) is 4.54. The predicted molar refractivity (Wildman–Crippen MR) is 106 cm³/mol. The number of hydrogen-bond acceptors (Lipinski definition) is 7. The van der Waals surface area contributed by atoms with Crippen LogP contribution in [0.2, 0.25) is 0 Å². The topological polar surface area (TPSA) is 58.1 Å². The van der Waals surface area contributed by atoms with E-state index in [4.69, 9.17) is 14.5 Å². The van der Waals surface area contributed by atoms with Crippen LogP contribution in [0.1, 0.15) is 49.2 Å². The van der Waals surface area contributed by atoms with Crippen LogP contribution in [0.4, 0.5) is 0 Å². The molecular formula is C20H33N3O3S. The van der Waals surface area contributed by atoms with Crippen molar-refractivity contribution in [3.63, 3.8) is 0 Å². The normalized spacial score (nSPS) is 28.0. The van der Waals surface area contributed by atoms with Crippen LogP contribution in [0.3, 0.4) is 0 Å². The van der Waals surface area contributed by atoms with Gasteiger partial charge in [-0.05, 0) is 45.1 Å². The molecule has 1 atom stereocenters. The first-order valence-electron chi connectivity index (χ1n) is 10.4. The van der Waals surface area contributed by atoms with E-state index in [1.165, 1.54) is 12.8 Å². The Bertz CT molecular complexity index is 597. The maximum absolute atomic E-state index is 11.2. The SMILES string of the molecule is COCC1CCCN1Cc1nc(C2(O)CCN(C3CCOCC3)CC2)cs1. The molecule has 3 fully saturated rings. The maximum atomic E-state index is 11.2. The number of rotatable bonds is 6. The van der Waals surface area contributed by atoms with Gasteiger partial charge in [0.15, 0.2) is 0 Å². The average molecular weight is 396 g/mol. The van der Waals surface area contributed by atoms with Crippen molar-refractivity contribution in [3.05, 3.63) is 16.1 Å². The Labute approximate surface area is 166 Å². The molecule has 6 nitrogen and oxygen atoms in total. The van der Waals surface area contributed by atoms with Gasteiger partial charge in [0.05, 0.1) is 18.8 Å². The summed E-state index contributed by atoms with van der Waals surface area (Å²) in [6.07, 6.45) is 6.25. The summed E-state index contributed by atoms with van der Waals surface area (Å²) in [4.78, 5) is 9.87. The first-order chi connectivity index (χ1) is 13.2. The van der Waals surface area contributed by atoms with Crippen molar-refractivity contribution in [2.24, 2.45) is 0 Å². The van der Waals surface area contributed by atoms with Gasteiger partial charge in [0.2, 0.25) is 0 Å². The molecule has 152 valence electrons. The van der Waals surface area contributed by atoms with Gasteiger partial charge < -0.3 is 14.6 Å². The van der Waals surface area contributed by atoms with Gasteiger partial charge in [-0.25, -0.2) is 4.98 Å². The van der Waals surface area contributed by atoms with Gasteiger partial charge in [0.25, 0.3) is 0 Å². The molecule has 0 bridgehead atoms. The third-order valence-corrected chi connectivity index (χ3v) is 7.39. The first-order valence-corrected chi connectivity index (χ1v) is 11.3. The summed E-state index contributed by atoms with van der Waals surface area (Å²) in [6.45, 7) is 6.45. The highest BCUT2D eigenvalue weighted by Gasteiger charge is 2.38. The summed E-state index contributed by atoms with van der Waals surface area (Å²) in [7, 11) is 1.78. The largest absolute Gasteiger partial charge is 0.383 e. The smallest absolute Gasteiger partial charge is 0.110 e. The van der Waals surface area contributed by atoms with Gasteiger partial charge in [0.1, 0.15) is 10.6 Å². The Hall–Kier alpha value is -0.570. The van der Waals surface area contributed by atoms with Crippen molar-refractivity contribution >= 4 is 11.3 Å². The van der Waals surface area contributed by atoms with E-state index in [9.17, 15) is 5.11 Å². The first kappa shape index (κ1) is 19.7.